The van der Waals surface area contributed by atoms with Crippen molar-refractivity contribution < 1.29 is 8.42 Å². The number of benzene rings is 2. The molecule has 0 fully saturated rings. The predicted molar refractivity (Wildman–Crippen MR) is 92.6 cm³/mol. The molecule has 0 radical (unpaired) electrons. The average molecular weight is 363 g/mol. The first kappa shape index (κ1) is 16.5. The fourth-order valence-corrected chi connectivity index (χ4v) is 3.16. The molecular formula is C16H15ClN4O2S. The molecule has 0 atom stereocenters. The van der Waals surface area contributed by atoms with Crippen LogP contribution in [0.25, 0.3) is 0 Å². The van der Waals surface area contributed by atoms with Crippen LogP contribution in [0.15, 0.2) is 59.8 Å². The maximum atomic E-state index is 12.3. The summed E-state index contributed by atoms with van der Waals surface area (Å²) in [6, 6.07) is 13.9. The van der Waals surface area contributed by atoms with Gasteiger partial charge >= 0.3 is 0 Å². The molecule has 1 heterocycles. The van der Waals surface area contributed by atoms with Gasteiger partial charge in [0.25, 0.3) is 16.0 Å². The van der Waals surface area contributed by atoms with Gasteiger partial charge in [0.05, 0.1) is 11.4 Å². The first-order valence-electron chi connectivity index (χ1n) is 7.16. The van der Waals surface area contributed by atoms with Crippen molar-refractivity contribution in [2.45, 2.75) is 18.4 Å². The monoisotopic (exact) mass is 362 g/mol. The van der Waals surface area contributed by atoms with E-state index in [9.17, 15) is 8.42 Å². The first-order valence-corrected chi connectivity index (χ1v) is 9.02. The minimum absolute atomic E-state index is 0.0320. The molecule has 1 aromatic heterocycles. The van der Waals surface area contributed by atoms with Gasteiger partial charge in [0.15, 0.2) is 0 Å². The molecule has 0 saturated heterocycles. The van der Waals surface area contributed by atoms with Crippen molar-refractivity contribution in [3.8, 4) is 0 Å². The number of hydrogen-bond acceptors (Lipinski definition) is 4. The zero-order chi connectivity index (χ0) is 17.2. The molecule has 24 heavy (non-hydrogen) atoms. The van der Waals surface area contributed by atoms with Gasteiger partial charge in [0.1, 0.15) is 6.33 Å². The molecule has 0 amide bonds. The number of halogens is 1. The lowest BCUT2D eigenvalue weighted by atomic mass is 10.2. The molecule has 3 rings (SSSR count). The summed E-state index contributed by atoms with van der Waals surface area (Å²) in [5.74, 6) is 0.0320. The van der Waals surface area contributed by atoms with Crippen molar-refractivity contribution in [2.75, 3.05) is 4.72 Å². The third kappa shape index (κ3) is 3.93. The maximum absolute atomic E-state index is 12.3. The highest BCUT2D eigenvalue weighted by Gasteiger charge is 2.16. The SMILES string of the molecule is Cc1ccc(S(=O)(=O)Nc2ncn(Cc3ccc(Cl)cc3)n2)cc1. The molecule has 6 nitrogen and oxygen atoms in total. The Morgan fingerprint density at radius 1 is 1.08 bits per heavy atom. The number of aromatic nitrogens is 3. The van der Waals surface area contributed by atoms with Gasteiger partial charge in [-0.1, -0.05) is 41.4 Å². The van der Waals surface area contributed by atoms with E-state index in [1.54, 1.807) is 41.1 Å². The van der Waals surface area contributed by atoms with Gasteiger partial charge in [-0.15, -0.1) is 5.10 Å². The summed E-state index contributed by atoms with van der Waals surface area (Å²) in [6.45, 7) is 2.36. The van der Waals surface area contributed by atoms with E-state index in [2.05, 4.69) is 14.8 Å². The van der Waals surface area contributed by atoms with Crippen LogP contribution in [0.1, 0.15) is 11.1 Å². The number of aryl methyl sites for hydroxylation is 1. The number of rotatable bonds is 5. The lowest BCUT2D eigenvalue weighted by molar-refractivity contribution is 0.600. The molecule has 0 aliphatic rings. The van der Waals surface area contributed by atoms with Gasteiger partial charge in [-0.2, -0.15) is 4.98 Å². The van der Waals surface area contributed by atoms with Crippen LogP contribution in [0.5, 0.6) is 0 Å². The maximum Gasteiger partial charge on any atom is 0.264 e. The molecule has 3 aromatic rings. The minimum atomic E-state index is -3.70. The second-order valence-corrected chi connectivity index (χ2v) is 7.43. The van der Waals surface area contributed by atoms with E-state index in [4.69, 9.17) is 11.6 Å². The van der Waals surface area contributed by atoms with E-state index >= 15 is 0 Å². The number of hydrogen-bond donors (Lipinski definition) is 1. The predicted octanol–water partition coefficient (Wildman–Crippen LogP) is 3.09. The topological polar surface area (TPSA) is 76.9 Å². The molecule has 0 aliphatic heterocycles. The van der Waals surface area contributed by atoms with Crippen molar-refractivity contribution in [3.05, 3.63) is 71.0 Å². The molecule has 0 unspecified atom stereocenters. The highest BCUT2D eigenvalue weighted by Crippen LogP contribution is 2.14. The van der Waals surface area contributed by atoms with Crippen molar-refractivity contribution in [1.82, 2.24) is 14.8 Å². The van der Waals surface area contributed by atoms with E-state index in [1.165, 1.54) is 6.33 Å². The van der Waals surface area contributed by atoms with Crippen LogP contribution >= 0.6 is 11.6 Å². The fourth-order valence-electron chi connectivity index (χ4n) is 2.09. The highest BCUT2D eigenvalue weighted by molar-refractivity contribution is 7.92. The quantitative estimate of drug-likeness (QED) is 0.756. The van der Waals surface area contributed by atoms with Gasteiger partial charge < -0.3 is 0 Å². The highest BCUT2D eigenvalue weighted by atomic mass is 35.5. The zero-order valence-corrected chi connectivity index (χ0v) is 14.4. The Bertz CT molecular complexity index is 935. The summed E-state index contributed by atoms with van der Waals surface area (Å²) in [7, 11) is -3.70. The van der Waals surface area contributed by atoms with Gasteiger partial charge in [0, 0.05) is 5.02 Å². The number of anilines is 1. The summed E-state index contributed by atoms with van der Waals surface area (Å²) in [5.41, 5.74) is 1.97. The largest absolute Gasteiger partial charge is 0.264 e. The van der Waals surface area contributed by atoms with Crippen molar-refractivity contribution in [2.24, 2.45) is 0 Å². The van der Waals surface area contributed by atoms with Gasteiger partial charge in [-0.3, -0.25) is 0 Å². The standard InChI is InChI=1S/C16H15ClN4O2S/c1-12-2-8-15(9-3-12)24(22,23)20-16-18-11-21(19-16)10-13-4-6-14(17)7-5-13/h2-9,11H,10H2,1H3,(H,19,20). The molecule has 124 valence electrons. The summed E-state index contributed by atoms with van der Waals surface area (Å²) >= 11 is 5.85. The Balaban J connectivity index is 1.73. The first-order chi connectivity index (χ1) is 11.4. The van der Waals surface area contributed by atoms with E-state index in [0.29, 0.717) is 11.6 Å². The summed E-state index contributed by atoms with van der Waals surface area (Å²) in [6.07, 6.45) is 1.47. The third-order valence-electron chi connectivity index (χ3n) is 3.35. The molecule has 0 spiro atoms. The molecule has 0 saturated carbocycles. The summed E-state index contributed by atoms with van der Waals surface area (Å²) in [5, 5.41) is 4.79. The fraction of sp³-hybridized carbons (Fsp3) is 0.125. The lowest BCUT2D eigenvalue weighted by Gasteiger charge is -2.05. The Morgan fingerprint density at radius 2 is 1.75 bits per heavy atom. The van der Waals surface area contributed by atoms with Crippen LogP contribution in [0.3, 0.4) is 0 Å². The van der Waals surface area contributed by atoms with Crippen molar-refractivity contribution in [3.63, 3.8) is 0 Å². The van der Waals surface area contributed by atoms with Crippen LogP contribution in [0.4, 0.5) is 5.95 Å². The van der Waals surface area contributed by atoms with Crippen LogP contribution in [-0.2, 0) is 16.6 Å². The number of nitrogens with zero attached hydrogens (tertiary/aromatic N) is 3. The van der Waals surface area contributed by atoms with Crippen molar-refractivity contribution >= 4 is 27.6 Å². The molecule has 0 bridgehead atoms. The molecule has 0 aliphatic carbocycles. The normalized spacial score (nSPS) is 11.4. The van der Waals surface area contributed by atoms with E-state index in [-0.39, 0.29) is 10.8 Å². The van der Waals surface area contributed by atoms with Crippen LogP contribution in [0.2, 0.25) is 5.02 Å². The molecule has 1 N–H and O–H groups in total. The Labute approximate surface area is 145 Å². The van der Waals surface area contributed by atoms with Crippen LogP contribution in [0, 0.1) is 6.92 Å². The van der Waals surface area contributed by atoms with E-state index in [0.717, 1.165) is 11.1 Å². The summed E-state index contributed by atoms with van der Waals surface area (Å²) < 4.78 is 28.5. The second-order valence-electron chi connectivity index (χ2n) is 5.31. The Kier molecular flexibility index (Phi) is 4.55. The third-order valence-corrected chi connectivity index (χ3v) is 4.95. The molecule has 2 aromatic carbocycles. The number of sulfonamides is 1. The van der Waals surface area contributed by atoms with Crippen LogP contribution in [-0.4, -0.2) is 23.2 Å². The van der Waals surface area contributed by atoms with Gasteiger partial charge in [0.2, 0.25) is 0 Å². The molecular weight excluding hydrogens is 348 g/mol. The second kappa shape index (κ2) is 6.62. The summed E-state index contributed by atoms with van der Waals surface area (Å²) in [4.78, 5) is 4.16. The average Bonchev–Trinajstić information content (AvgIpc) is 2.96. The Morgan fingerprint density at radius 3 is 2.42 bits per heavy atom. The lowest BCUT2D eigenvalue weighted by Crippen LogP contribution is -2.14. The molecule has 8 heteroatoms. The van der Waals surface area contributed by atoms with E-state index in [1.807, 2.05) is 19.1 Å². The zero-order valence-electron chi connectivity index (χ0n) is 12.8. The minimum Gasteiger partial charge on any atom is -0.246 e. The number of nitrogens with one attached hydrogen (secondary N) is 1. The Hall–Kier alpha value is -2.38. The smallest absolute Gasteiger partial charge is 0.246 e. The van der Waals surface area contributed by atoms with Crippen molar-refractivity contribution in [1.29, 1.82) is 0 Å². The van der Waals surface area contributed by atoms with Crippen LogP contribution < -0.4 is 4.72 Å². The van der Waals surface area contributed by atoms with Gasteiger partial charge in [-0.25, -0.2) is 17.8 Å². The van der Waals surface area contributed by atoms with E-state index < -0.39 is 10.0 Å². The van der Waals surface area contributed by atoms with Gasteiger partial charge in [-0.05, 0) is 36.8 Å².